The first-order valence-electron chi connectivity index (χ1n) is 13.4. The molecule has 214 valence electrons. The average molecular weight is 650 g/mol. The van der Waals surface area contributed by atoms with E-state index in [2.05, 4.69) is 0 Å². The zero-order valence-electron chi connectivity index (χ0n) is 22.1. The molecule has 43 heavy (non-hydrogen) atoms. The summed E-state index contributed by atoms with van der Waals surface area (Å²) in [6, 6.07) is 24.5. The van der Waals surface area contributed by atoms with Crippen LogP contribution in [0.15, 0.2) is 91.0 Å². The van der Waals surface area contributed by atoms with Crippen molar-refractivity contribution in [1.82, 2.24) is 0 Å². The number of nitrogens with zero attached hydrogens (tertiary/aromatic N) is 2. The second-order valence-corrected chi connectivity index (χ2v) is 12.7. The lowest BCUT2D eigenvalue weighted by atomic mass is 9.54. The molecule has 0 spiro atoms. The van der Waals surface area contributed by atoms with E-state index in [0.717, 1.165) is 9.80 Å². The molecule has 4 atom stereocenters. The van der Waals surface area contributed by atoms with Gasteiger partial charge in [0.05, 0.1) is 34.5 Å². The Kier molecular flexibility index (Phi) is 6.67. The second-order valence-electron chi connectivity index (χ2n) is 10.9. The highest BCUT2D eigenvalue weighted by Crippen LogP contribution is 2.63. The lowest BCUT2D eigenvalue weighted by Gasteiger charge is -2.43. The van der Waals surface area contributed by atoms with Crippen LogP contribution in [-0.2, 0) is 25.6 Å². The number of halogens is 4. The molecule has 1 aliphatic carbocycles. The first-order valence-corrected chi connectivity index (χ1v) is 14.9. The minimum atomic E-state index is -1.65. The van der Waals surface area contributed by atoms with Crippen LogP contribution in [0.1, 0.15) is 28.5 Å². The van der Waals surface area contributed by atoms with Gasteiger partial charge in [-0.2, -0.15) is 0 Å². The number of amides is 4. The third-order valence-electron chi connectivity index (χ3n) is 8.72. The Bertz CT molecular complexity index is 1840. The molecule has 4 aromatic carbocycles. The third-order valence-corrected chi connectivity index (χ3v) is 9.71. The summed E-state index contributed by atoms with van der Waals surface area (Å²) in [7, 11) is 0. The Morgan fingerprint density at radius 2 is 1.07 bits per heavy atom. The molecule has 2 saturated heterocycles. The van der Waals surface area contributed by atoms with Gasteiger partial charge in [-0.1, -0.05) is 64.6 Å². The van der Waals surface area contributed by atoms with Crippen LogP contribution in [0.25, 0.3) is 0 Å². The van der Waals surface area contributed by atoms with Crippen LogP contribution in [-0.4, -0.2) is 23.6 Å². The smallest absolute Gasteiger partial charge is 0.242 e. The monoisotopic (exact) mass is 648 g/mol. The summed E-state index contributed by atoms with van der Waals surface area (Å²) in [5, 5.41) is 1.71. The zero-order valence-corrected chi connectivity index (χ0v) is 25.2. The summed E-state index contributed by atoms with van der Waals surface area (Å²) in [5.41, 5.74) is 0.630. The number of rotatable bonds is 4. The molecule has 0 saturated carbocycles. The van der Waals surface area contributed by atoms with Gasteiger partial charge in [0.15, 0.2) is 0 Å². The van der Waals surface area contributed by atoms with Crippen molar-refractivity contribution in [2.75, 3.05) is 9.80 Å². The second kappa shape index (κ2) is 10.2. The van der Waals surface area contributed by atoms with Crippen molar-refractivity contribution < 1.29 is 19.2 Å². The number of hydrogen-bond acceptors (Lipinski definition) is 4. The molecule has 2 fully saturated rings. The van der Waals surface area contributed by atoms with Gasteiger partial charge in [0, 0.05) is 20.1 Å². The van der Waals surface area contributed by atoms with Gasteiger partial charge in [-0.25, -0.2) is 9.80 Å². The molecule has 0 aromatic heterocycles. The molecule has 4 amide bonds. The van der Waals surface area contributed by atoms with E-state index < -0.39 is 46.8 Å². The number of carbonyl (C=O) groups excluding carboxylic acids is 4. The van der Waals surface area contributed by atoms with E-state index in [1.165, 1.54) is 0 Å². The van der Waals surface area contributed by atoms with Crippen LogP contribution in [0.2, 0.25) is 20.1 Å². The highest BCUT2D eigenvalue weighted by Gasteiger charge is 2.73. The van der Waals surface area contributed by atoms with Crippen LogP contribution in [0.4, 0.5) is 11.4 Å². The van der Waals surface area contributed by atoms with Crippen LogP contribution in [0.5, 0.6) is 0 Å². The van der Waals surface area contributed by atoms with Crippen LogP contribution >= 0.6 is 46.4 Å². The van der Waals surface area contributed by atoms with Gasteiger partial charge in [0.2, 0.25) is 23.6 Å². The van der Waals surface area contributed by atoms with E-state index in [4.69, 9.17) is 46.4 Å². The van der Waals surface area contributed by atoms with Gasteiger partial charge in [-0.3, -0.25) is 19.2 Å². The van der Waals surface area contributed by atoms with E-state index in [1.54, 1.807) is 91.0 Å². The Hall–Kier alpha value is -3.68. The van der Waals surface area contributed by atoms with Crippen molar-refractivity contribution >= 4 is 81.4 Å². The Labute approximate surface area is 266 Å². The van der Waals surface area contributed by atoms with Gasteiger partial charge < -0.3 is 0 Å². The molecule has 0 radical (unpaired) electrons. The summed E-state index contributed by atoms with van der Waals surface area (Å²) in [6.07, 6.45) is 0.00406. The Morgan fingerprint density at radius 3 is 1.65 bits per heavy atom. The van der Waals surface area contributed by atoms with Crippen LogP contribution < -0.4 is 9.80 Å². The number of benzene rings is 4. The van der Waals surface area contributed by atoms with Crippen molar-refractivity contribution in [3.05, 3.63) is 128 Å². The third kappa shape index (κ3) is 4.15. The van der Waals surface area contributed by atoms with Crippen molar-refractivity contribution in [3.63, 3.8) is 0 Å². The molecule has 2 heterocycles. The van der Waals surface area contributed by atoms with E-state index in [1.807, 2.05) is 0 Å². The zero-order chi connectivity index (χ0) is 30.2. The topological polar surface area (TPSA) is 74.8 Å². The van der Waals surface area contributed by atoms with Gasteiger partial charge >= 0.3 is 0 Å². The molecule has 0 bridgehead atoms. The van der Waals surface area contributed by atoms with Crippen molar-refractivity contribution in [1.29, 1.82) is 0 Å². The van der Waals surface area contributed by atoms with E-state index in [9.17, 15) is 19.2 Å². The van der Waals surface area contributed by atoms with Gasteiger partial charge in [0.25, 0.3) is 0 Å². The van der Waals surface area contributed by atoms with Crippen LogP contribution in [0.3, 0.4) is 0 Å². The number of fused-ring (bicyclic) bond motifs is 6. The highest BCUT2D eigenvalue weighted by atomic mass is 35.5. The maximum absolute atomic E-state index is 14.9. The molecule has 7 rings (SSSR count). The predicted octanol–water partition coefficient (Wildman–Crippen LogP) is 7.47. The minimum absolute atomic E-state index is 0.00406. The summed E-state index contributed by atoms with van der Waals surface area (Å²) < 4.78 is 0. The number of anilines is 2. The van der Waals surface area contributed by atoms with Gasteiger partial charge in [0.1, 0.15) is 0 Å². The standard InChI is InChI=1S/C33H20Cl4N2O4/c34-18-3-1-17(2-4-18)16-33-27(30(41)39(32(33)43)23-12-7-20(36)8-13-23)25-15-21(37)9-14-24(25)26-28(33)31(42)38(29(26)40)22-10-5-19(35)6-11-22/h1-15,26-28H,16H2. The quantitative estimate of drug-likeness (QED) is 0.215. The minimum Gasteiger partial charge on any atom is -0.274 e. The summed E-state index contributed by atoms with van der Waals surface area (Å²) >= 11 is 24.9. The molecular formula is C33H20Cl4N2O4. The van der Waals surface area contributed by atoms with Crippen LogP contribution in [0, 0.1) is 11.3 Å². The van der Waals surface area contributed by atoms with E-state index >= 15 is 0 Å². The lowest BCUT2D eigenvalue weighted by Crippen LogP contribution is -2.51. The van der Waals surface area contributed by atoms with Gasteiger partial charge in [-0.15, -0.1) is 0 Å². The molecule has 6 nitrogen and oxygen atoms in total. The Balaban J connectivity index is 1.50. The van der Waals surface area contributed by atoms with Crippen molar-refractivity contribution in [2.24, 2.45) is 11.3 Å². The molecule has 10 heteroatoms. The maximum atomic E-state index is 14.9. The summed E-state index contributed by atoms with van der Waals surface area (Å²) in [5.74, 6) is -5.42. The van der Waals surface area contributed by atoms with Crippen molar-refractivity contribution in [2.45, 2.75) is 18.3 Å². The lowest BCUT2D eigenvalue weighted by molar-refractivity contribution is -0.138. The average Bonchev–Trinajstić information content (AvgIpc) is 3.38. The number of imide groups is 2. The molecule has 3 aliphatic rings. The first-order chi connectivity index (χ1) is 20.6. The molecule has 4 aromatic rings. The fourth-order valence-corrected chi connectivity index (χ4v) is 7.55. The fraction of sp³-hybridized carbons (Fsp3) is 0.152. The number of carbonyl (C=O) groups is 4. The van der Waals surface area contributed by atoms with E-state index in [0.29, 0.717) is 48.2 Å². The van der Waals surface area contributed by atoms with Crippen molar-refractivity contribution in [3.8, 4) is 0 Å². The molecule has 2 aliphatic heterocycles. The highest BCUT2D eigenvalue weighted by molar-refractivity contribution is 6.34. The molecular weight excluding hydrogens is 630 g/mol. The Morgan fingerprint density at radius 1 is 0.558 bits per heavy atom. The van der Waals surface area contributed by atoms with E-state index in [-0.39, 0.29) is 6.42 Å². The maximum Gasteiger partial charge on any atom is 0.242 e. The molecule has 0 N–H and O–H groups in total. The largest absolute Gasteiger partial charge is 0.274 e. The first kappa shape index (κ1) is 28.1. The molecule has 4 unspecified atom stereocenters. The fourth-order valence-electron chi connectivity index (χ4n) is 6.99. The van der Waals surface area contributed by atoms with Gasteiger partial charge in [-0.05, 0) is 95.9 Å². The summed E-state index contributed by atoms with van der Waals surface area (Å²) in [6.45, 7) is 0. The SMILES string of the molecule is O=C1C2c3ccc(Cl)cc3C3C(=O)N(c4ccc(Cl)cc4)C(=O)C3(Cc3ccc(Cl)cc3)C2C(=O)N1c1ccc(Cl)cc1. The predicted molar refractivity (Wildman–Crippen MR) is 166 cm³/mol. The normalized spacial score (nSPS) is 24.3. The summed E-state index contributed by atoms with van der Waals surface area (Å²) in [4.78, 5) is 60.5. The number of hydrogen-bond donors (Lipinski definition) is 0.